The number of nitrogens with one attached hydrogen (secondary N) is 1. The number of aryl methyl sites for hydroxylation is 2. The van der Waals surface area contributed by atoms with Gasteiger partial charge in [-0.3, -0.25) is 0 Å². The Morgan fingerprint density at radius 3 is 2.31 bits per heavy atom. The average Bonchev–Trinajstić information content (AvgIpc) is 2.29. The van der Waals surface area contributed by atoms with Gasteiger partial charge in [-0.05, 0) is 25.3 Å². The van der Waals surface area contributed by atoms with Crippen molar-refractivity contribution in [2.24, 2.45) is 5.73 Å². The van der Waals surface area contributed by atoms with E-state index in [0.29, 0.717) is 5.82 Å². The SMILES string of the molecule is C=C(N)NCCCc1ccc(C)cc1.CC. The van der Waals surface area contributed by atoms with Gasteiger partial charge in [0.1, 0.15) is 0 Å². The van der Waals surface area contributed by atoms with Gasteiger partial charge >= 0.3 is 0 Å². The van der Waals surface area contributed by atoms with E-state index in [1.807, 2.05) is 13.8 Å². The second-order valence-corrected chi connectivity index (χ2v) is 3.54. The summed E-state index contributed by atoms with van der Waals surface area (Å²) in [5.74, 6) is 0.550. The van der Waals surface area contributed by atoms with Crippen molar-refractivity contribution in [3.8, 4) is 0 Å². The maximum atomic E-state index is 5.39. The zero-order chi connectivity index (χ0) is 12.4. The summed E-state index contributed by atoms with van der Waals surface area (Å²) in [6.45, 7) is 10.6. The molecule has 90 valence electrons. The number of hydrogen-bond donors (Lipinski definition) is 2. The second kappa shape index (κ2) is 8.84. The van der Waals surface area contributed by atoms with Gasteiger partial charge in [0.15, 0.2) is 0 Å². The number of rotatable bonds is 5. The van der Waals surface area contributed by atoms with Crippen molar-refractivity contribution in [1.82, 2.24) is 5.32 Å². The molecule has 0 spiro atoms. The van der Waals surface area contributed by atoms with E-state index >= 15 is 0 Å². The lowest BCUT2D eigenvalue weighted by molar-refractivity contribution is 0.720. The van der Waals surface area contributed by atoms with E-state index in [9.17, 15) is 0 Å². The third-order valence-electron chi connectivity index (χ3n) is 2.11. The van der Waals surface area contributed by atoms with Crippen LogP contribution in [0.2, 0.25) is 0 Å². The first-order chi connectivity index (χ1) is 7.68. The van der Waals surface area contributed by atoms with E-state index in [-0.39, 0.29) is 0 Å². The highest BCUT2D eigenvalue weighted by Crippen LogP contribution is 2.05. The Kier molecular flexibility index (Phi) is 8.04. The fraction of sp³-hybridized carbons (Fsp3) is 0.429. The van der Waals surface area contributed by atoms with E-state index in [0.717, 1.165) is 19.4 Å². The van der Waals surface area contributed by atoms with E-state index in [1.54, 1.807) is 0 Å². The summed E-state index contributed by atoms with van der Waals surface area (Å²) in [5.41, 5.74) is 8.07. The Morgan fingerprint density at radius 2 is 1.81 bits per heavy atom. The van der Waals surface area contributed by atoms with Crippen molar-refractivity contribution in [3.05, 3.63) is 47.8 Å². The summed E-state index contributed by atoms with van der Waals surface area (Å²) in [6, 6.07) is 8.63. The van der Waals surface area contributed by atoms with Crippen molar-refractivity contribution >= 4 is 0 Å². The molecule has 0 saturated carbocycles. The summed E-state index contributed by atoms with van der Waals surface area (Å²) < 4.78 is 0. The lowest BCUT2D eigenvalue weighted by atomic mass is 10.1. The van der Waals surface area contributed by atoms with Crippen LogP contribution in [0.25, 0.3) is 0 Å². The number of hydrogen-bond acceptors (Lipinski definition) is 2. The first-order valence-electron chi connectivity index (χ1n) is 5.92. The minimum atomic E-state index is 0.550. The van der Waals surface area contributed by atoms with Crippen LogP contribution in [0.4, 0.5) is 0 Å². The highest BCUT2D eigenvalue weighted by atomic mass is 15.0. The third kappa shape index (κ3) is 6.93. The maximum absolute atomic E-state index is 5.39. The molecule has 1 aromatic rings. The molecule has 2 heteroatoms. The maximum Gasteiger partial charge on any atom is 0.0885 e. The summed E-state index contributed by atoms with van der Waals surface area (Å²) in [4.78, 5) is 0. The Hall–Kier alpha value is -1.44. The molecule has 0 heterocycles. The molecule has 0 aliphatic rings. The zero-order valence-corrected chi connectivity index (χ0v) is 10.7. The largest absolute Gasteiger partial charge is 0.386 e. The fourth-order valence-electron chi connectivity index (χ4n) is 1.30. The minimum absolute atomic E-state index is 0.550. The molecule has 0 fully saturated rings. The van der Waals surface area contributed by atoms with Crippen LogP contribution in [0, 0.1) is 6.92 Å². The molecule has 0 aliphatic carbocycles. The van der Waals surface area contributed by atoms with Gasteiger partial charge in [0.25, 0.3) is 0 Å². The molecule has 0 aromatic heterocycles. The molecule has 3 N–H and O–H groups in total. The Bertz CT molecular complexity index is 288. The van der Waals surface area contributed by atoms with Crippen LogP contribution < -0.4 is 11.1 Å². The smallest absolute Gasteiger partial charge is 0.0885 e. The van der Waals surface area contributed by atoms with Crippen LogP contribution in [0.15, 0.2) is 36.7 Å². The summed E-state index contributed by atoms with van der Waals surface area (Å²) in [6.07, 6.45) is 2.17. The molecule has 0 aliphatic heterocycles. The molecule has 16 heavy (non-hydrogen) atoms. The van der Waals surface area contributed by atoms with Gasteiger partial charge in [0.2, 0.25) is 0 Å². The van der Waals surface area contributed by atoms with Crippen LogP contribution in [-0.2, 0) is 6.42 Å². The predicted molar refractivity (Wildman–Crippen MR) is 72.2 cm³/mol. The highest BCUT2D eigenvalue weighted by molar-refractivity contribution is 5.21. The number of benzene rings is 1. The molecule has 0 amide bonds. The van der Waals surface area contributed by atoms with Crippen molar-refractivity contribution in [3.63, 3.8) is 0 Å². The van der Waals surface area contributed by atoms with Crippen molar-refractivity contribution < 1.29 is 0 Å². The molecule has 1 rings (SSSR count). The van der Waals surface area contributed by atoms with Crippen molar-refractivity contribution in [1.29, 1.82) is 0 Å². The van der Waals surface area contributed by atoms with Crippen molar-refractivity contribution in [2.45, 2.75) is 33.6 Å². The molecule has 0 unspecified atom stereocenters. The summed E-state index contributed by atoms with van der Waals surface area (Å²) in [7, 11) is 0. The van der Waals surface area contributed by atoms with E-state index in [1.165, 1.54) is 11.1 Å². The lowest BCUT2D eigenvalue weighted by Gasteiger charge is -2.04. The fourth-order valence-corrected chi connectivity index (χ4v) is 1.30. The van der Waals surface area contributed by atoms with Crippen LogP contribution in [-0.4, -0.2) is 6.54 Å². The highest BCUT2D eigenvalue weighted by Gasteiger charge is 1.92. The summed E-state index contributed by atoms with van der Waals surface area (Å²) in [5, 5.41) is 3.01. The monoisotopic (exact) mass is 220 g/mol. The topological polar surface area (TPSA) is 38.0 Å². The van der Waals surface area contributed by atoms with Gasteiger partial charge in [0, 0.05) is 6.54 Å². The first kappa shape index (κ1) is 14.6. The Labute approximate surface area is 99.6 Å². The number of nitrogens with two attached hydrogens (primary N) is 1. The Balaban J connectivity index is 0.00000106. The van der Waals surface area contributed by atoms with Crippen molar-refractivity contribution in [2.75, 3.05) is 6.54 Å². The molecule has 2 nitrogen and oxygen atoms in total. The predicted octanol–water partition coefficient (Wildman–Crippen LogP) is 2.97. The average molecular weight is 220 g/mol. The second-order valence-electron chi connectivity index (χ2n) is 3.54. The van der Waals surface area contributed by atoms with Crippen LogP contribution in [0.5, 0.6) is 0 Å². The summed E-state index contributed by atoms with van der Waals surface area (Å²) >= 11 is 0. The normalized spacial score (nSPS) is 8.94. The molecular weight excluding hydrogens is 196 g/mol. The van der Waals surface area contributed by atoms with E-state index < -0.39 is 0 Å². The van der Waals surface area contributed by atoms with Gasteiger partial charge in [-0.1, -0.05) is 50.3 Å². The van der Waals surface area contributed by atoms with Gasteiger partial charge in [-0.2, -0.15) is 0 Å². The molecule has 0 atom stereocenters. The van der Waals surface area contributed by atoms with Gasteiger partial charge in [0.05, 0.1) is 5.82 Å². The third-order valence-corrected chi connectivity index (χ3v) is 2.11. The van der Waals surface area contributed by atoms with E-state index in [2.05, 4.69) is 43.1 Å². The van der Waals surface area contributed by atoms with Gasteiger partial charge < -0.3 is 11.1 Å². The van der Waals surface area contributed by atoms with Crippen LogP contribution >= 0.6 is 0 Å². The van der Waals surface area contributed by atoms with Gasteiger partial charge in [-0.15, -0.1) is 0 Å². The minimum Gasteiger partial charge on any atom is -0.386 e. The molecular formula is C14H24N2. The zero-order valence-electron chi connectivity index (χ0n) is 10.7. The van der Waals surface area contributed by atoms with E-state index in [4.69, 9.17) is 5.73 Å². The molecule has 0 saturated heterocycles. The molecule has 0 radical (unpaired) electrons. The quantitative estimate of drug-likeness (QED) is 0.749. The first-order valence-corrected chi connectivity index (χ1v) is 5.92. The van der Waals surface area contributed by atoms with Gasteiger partial charge in [-0.25, -0.2) is 0 Å². The Morgan fingerprint density at radius 1 is 1.25 bits per heavy atom. The molecule has 1 aromatic carbocycles. The lowest BCUT2D eigenvalue weighted by Crippen LogP contribution is -2.20. The molecule has 0 bridgehead atoms. The van der Waals surface area contributed by atoms with Crippen LogP contribution in [0.1, 0.15) is 31.4 Å². The van der Waals surface area contributed by atoms with Crippen LogP contribution in [0.3, 0.4) is 0 Å². The standard InChI is InChI=1S/C12H18N2.C2H6/c1-10-5-7-12(8-6-10)4-3-9-14-11(2)13;1-2/h5-8,14H,2-4,9,13H2,1H3;1-2H3.